The molecule has 3 aromatic rings. The minimum Gasteiger partial charge on any atom is -0.358 e. The van der Waals surface area contributed by atoms with E-state index in [-0.39, 0.29) is 10.8 Å². The van der Waals surface area contributed by atoms with E-state index in [9.17, 15) is 13.2 Å². The Morgan fingerprint density at radius 1 is 1.07 bits per heavy atom. The number of sulfonamides is 1. The molecule has 0 radical (unpaired) electrons. The van der Waals surface area contributed by atoms with Gasteiger partial charge in [0.05, 0.1) is 4.90 Å². The molecule has 0 saturated carbocycles. The zero-order chi connectivity index (χ0) is 19.3. The van der Waals surface area contributed by atoms with Crippen LogP contribution in [0.5, 0.6) is 0 Å². The smallest absolute Gasteiger partial charge is 0.256 e. The van der Waals surface area contributed by atoms with E-state index >= 15 is 0 Å². The number of nitrogens with zero attached hydrogens (tertiary/aromatic N) is 1. The third kappa shape index (κ3) is 2.75. The van der Waals surface area contributed by atoms with Gasteiger partial charge in [0, 0.05) is 53.1 Å². The van der Waals surface area contributed by atoms with E-state index in [0.29, 0.717) is 16.8 Å². The summed E-state index contributed by atoms with van der Waals surface area (Å²) < 4.78 is 26.1. The van der Waals surface area contributed by atoms with Crippen LogP contribution in [0.2, 0.25) is 0 Å². The summed E-state index contributed by atoms with van der Waals surface area (Å²) in [5.74, 6) is -0.242. The lowest BCUT2D eigenvalue weighted by molar-refractivity contribution is -0.110. The maximum atomic E-state index is 12.6. The van der Waals surface area contributed by atoms with Crippen LogP contribution in [0.15, 0.2) is 47.4 Å². The first-order valence-corrected chi connectivity index (χ1v) is 9.90. The third-order valence-electron chi connectivity index (χ3n) is 4.78. The predicted octanol–water partition coefficient (Wildman–Crippen LogP) is 3.22. The van der Waals surface area contributed by atoms with Crippen molar-refractivity contribution in [1.82, 2.24) is 9.29 Å². The van der Waals surface area contributed by atoms with Crippen LogP contribution in [0.4, 0.5) is 5.69 Å². The number of nitrogens with one attached hydrogen (secondary N) is 2. The van der Waals surface area contributed by atoms with Crippen molar-refractivity contribution in [2.45, 2.75) is 11.8 Å². The highest BCUT2D eigenvalue weighted by Crippen LogP contribution is 2.36. The fraction of sp³-hybridized carbons (Fsp3) is 0.150. The van der Waals surface area contributed by atoms with Crippen LogP contribution in [0.3, 0.4) is 0 Å². The minimum atomic E-state index is -3.58. The fourth-order valence-corrected chi connectivity index (χ4v) is 4.24. The van der Waals surface area contributed by atoms with E-state index in [4.69, 9.17) is 0 Å². The van der Waals surface area contributed by atoms with Crippen molar-refractivity contribution in [3.63, 3.8) is 0 Å². The first-order chi connectivity index (χ1) is 12.8. The number of aromatic amines is 1. The lowest BCUT2D eigenvalue weighted by atomic mass is 10.0. The quantitative estimate of drug-likeness (QED) is 0.684. The highest BCUT2D eigenvalue weighted by Gasteiger charge is 2.28. The second-order valence-corrected chi connectivity index (χ2v) is 8.87. The van der Waals surface area contributed by atoms with Crippen molar-refractivity contribution in [3.8, 4) is 0 Å². The highest BCUT2D eigenvalue weighted by molar-refractivity contribution is 7.89. The Morgan fingerprint density at radius 3 is 2.56 bits per heavy atom. The van der Waals surface area contributed by atoms with Gasteiger partial charge in [0.1, 0.15) is 0 Å². The van der Waals surface area contributed by atoms with Crippen LogP contribution in [0, 0.1) is 6.92 Å². The summed E-state index contributed by atoms with van der Waals surface area (Å²) >= 11 is 0. The highest BCUT2D eigenvalue weighted by atomic mass is 32.2. The fourth-order valence-electron chi connectivity index (χ4n) is 3.31. The van der Waals surface area contributed by atoms with Gasteiger partial charge >= 0.3 is 0 Å². The van der Waals surface area contributed by atoms with E-state index in [1.165, 1.54) is 20.2 Å². The maximum absolute atomic E-state index is 12.6. The number of H-pyrrole nitrogens is 1. The van der Waals surface area contributed by atoms with E-state index in [0.717, 1.165) is 26.5 Å². The molecule has 2 heterocycles. The number of benzene rings is 2. The van der Waals surface area contributed by atoms with Gasteiger partial charge < -0.3 is 10.3 Å². The zero-order valence-electron chi connectivity index (χ0n) is 15.2. The van der Waals surface area contributed by atoms with Gasteiger partial charge in [-0.25, -0.2) is 12.7 Å². The number of rotatable bonds is 3. The maximum Gasteiger partial charge on any atom is 0.256 e. The van der Waals surface area contributed by atoms with E-state index < -0.39 is 10.0 Å². The number of anilines is 1. The molecular weight excluding hydrogens is 362 g/mol. The molecule has 0 atom stereocenters. The van der Waals surface area contributed by atoms with Crippen LogP contribution in [0.25, 0.3) is 22.6 Å². The summed E-state index contributed by atoms with van der Waals surface area (Å²) in [5, 5.41) is 3.82. The zero-order valence-corrected chi connectivity index (χ0v) is 16.0. The topological polar surface area (TPSA) is 82.3 Å². The number of hydrogen-bond donors (Lipinski definition) is 2. The second kappa shape index (κ2) is 6.07. The normalized spacial score (nSPS) is 15.6. The van der Waals surface area contributed by atoms with Crippen molar-refractivity contribution in [2.24, 2.45) is 0 Å². The summed E-state index contributed by atoms with van der Waals surface area (Å²) in [7, 11) is -0.615. The van der Waals surface area contributed by atoms with Crippen LogP contribution in [-0.2, 0) is 14.8 Å². The van der Waals surface area contributed by atoms with Gasteiger partial charge in [0.15, 0.2) is 0 Å². The van der Waals surface area contributed by atoms with Crippen molar-refractivity contribution in [3.05, 3.63) is 59.3 Å². The van der Waals surface area contributed by atoms with Crippen molar-refractivity contribution < 1.29 is 13.2 Å². The van der Waals surface area contributed by atoms with Crippen molar-refractivity contribution >= 4 is 44.2 Å². The van der Waals surface area contributed by atoms with Crippen LogP contribution >= 0.6 is 0 Å². The van der Waals surface area contributed by atoms with Crippen LogP contribution in [-0.4, -0.2) is 37.7 Å². The molecule has 138 valence electrons. The number of amides is 1. The van der Waals surface area contributed by atoms with Gasteiger partial charge in [-0.2, -0.15) is 0 Å². The molecule has 1 aliphatic rings. The van der Waals surface area contributed by atoms with Crippen LogP contribution < -0.4 is 5.32 Å². The molecule has 2 aromatic carbocycles. The molecule has 27 heavy (non-hydrogen) atoms. The molecule has 7 heteroatoms. The number of hydrogen-bond acceptors (Lipinski definition) is 3. The number of carbonyl (C=O) groups is 1. The largest absolute Gasteiger partial charge is 0.358 e. The molecule has 1 amide bonds. The van der Waals surface area contributed by atoms with Crippen molar-refractivity contribution in [1.29, 1.82) is 0 Å². The molecule has 0 fully saturated rings. The number of aryl methyl sites for hydroxylation is 1. The average molecular weight is 381 g/mol. The predicted molar refractivity (Wildman–Crippen MR) is 107 cm³/mol. The number of aromatic nitrogens is 1. The Balaban J connectivity index is 1.90. The summed E-state index contributed by atoms with van der Waals surface area (Å²) in [6, 6.07) is 12.6. The molecule has 0 spiro atoms. The van der Waals surface area contributed by atoms with Gasteiger partial charge in [0.2, 0.25) is 10.0 Å². The van der Waals surface area contributed by atoms with E-state index in [1.807, 2.05) is 37.3 Å². The molecule has 0 aliphatic carbocycles. The second-order valence-electron chi connectivity index (χ2n) is 6.72. The van der Waals surface area contributed by atoms with Crippen molar-refractivity contribution in [2.75, 3.05) is 19.4 Å². The standard InChI is InChI=1S/C20H19N3O3S/c1-12-15(14-6-4-5-7-18(14)21-12)11-17-16-10-13(27(25,26)23(2)3)8-9-19(16)22-20(17)24/h4-11,21H,1-3H3,(H,22,24)/b17-11-. The number of fused-ring (bicyclic) bond motifs is 2. The third-order valence-corrected chi connectivity index (χ3v) is 6.60. The van der Waals surface area contributed by atoms with E-state index in [2.05, 4.69) is 10.3 Å². The average Bonchev–Trinajstić information content (AvgIpc) is 3.11. The number of para-hydroxylation sites is 1. The first kappa shape index (κ1) is 17.5. The van der Waals surface area contributed by atoms with Gasteiger partial charge in [-0.3, -0.25) is 4.79 Å². The summed E-state index contributed by atoms with van der Waals surface area (Å²) in [5.41, 5.74) is 4.51. The summed E-state index contributed by atoms with van der Waals surface area (Å²) in [4.78, 5) is 16.0. The molecular formula is C20H19N3O3S. The Morgan fingerprint density at radius 2 is 1.81 bits per heavy atom. The summed E-state index contributed by atoms with van der Waals surface area (Å²) in [6.45, 7) is 1.95. The lowest BCUT2D eigenvalue weighted by Crippen LogP contribution is -2.22. The molecule has 4 rings (SSSR count). The molecule has 1 aromatic heterocycles. The SMILES string of the molecule is Cc1[nH]c2ccccc2c1/C=C1\C(=O)Nc2ccc(S(=O)(=O)N(C)C)cc21. The van der Waals surface area contributed by atoms with Gasteiger partial charge in [-0.1, -0.05) is 18.2 Å². The molecule has 6 nitrogen and oxygen atoms in total. The molecule has 0 saturated heterocycles. The molecule has 0 bridgehead atoms. The first-order valence-electron chi connectivity index (χ1n) is 8.46. The monoisotopic (exact) mass is 381 g/mol. The Hall–Kier alpha value is -2.90. The van der Waals surface area contributed by atoms with Gasteiger partial charge in [-0.05, 0) is 37.3 Å². The van der Waals surface area contributed by atoms with Gasteiger partial charge in [-0.15, -0.1) is 0 Å². The molecule has 1 aliphatic heterocycles. The Labute approximate surface area is 157 Å². The summed E-state index contributed by atoms with van der Waals surface area (Å²) in [6.07, 6.45) is 1.82. The lowest BCUT2D eigenvalue weighted by Gasteiger charge is -2.12. The Kier molecular flexibility index (Phi) is 3.94. The van der Waals surface area contributed by atoms with E-state index in [1.54, 1.807) is 12.1 Å². The van der Waals surface area contributed by atoms with Gasteiger partial charge in [0.25, 0.3) is 5.91 Å². The Bertz CT molecular complexity index is 1220. The minimum absolute atomic E-state index is 0.157. The molecule has 2 N–H and O–H groups in total. The molecule has 0 unspecified atom stereocenters. The number of carbonyl (C=O) groups excluding carboxylic acids is 1. The van der Waals surface area contributed by atoms with Crippen LogP contribution in [0.1, 0.15) is 16.8 Å².